The number of nitrogens with zero attached hydrogens (tertiary/aromatic N) is 2. The third-order valence-electron chi connectivity index (χ3n) is 2.22. The Bertz CT molecular complexity index is 436. The summed E-state index contributed by atoms with van der Waals surface area (Å²) in [6, 6.07) is 5.21. The molecule has 8 heteroatoms. The van der Waals surface area contributed by atoms with Crippen LogP contribution >= 0.6 is 12.4 Å². The third kappa shape index (κ3) is 6.91. The van der Waals surface area contributed by atoms with E-state index in [1.807, 2.05) is 19.0 Å². The van der Waals surface area contributed by atoms with Gasteiger partial charge in [-0.1, -0.05) is 0 Å². The lowest BCUT2D eigenvalue weighted by molar-refractivity contribution is -0.384. The van der Waals surface area contributed by atoms with Crippen molar-refractivity contribution in [2.24, 2.45) is 0 Å². The zero-order valence-electron chi connectivity index (χ0n) is 11.3. The van der Waals surface area contributed by atoms with Crippen LogP contribution < -0.4 is 4.74 Å². The number of halogens is 1. The van der Waals surface area contributed by atoms with E-state index in [1.165, 1.54) is 24.3 Å². The highest BCUT2D eigenvalue weighted by molar-refractivity contribution is 5.85. The Labute approximate surface area is 123 Å². The molecule has 0 aromatic heterocycles. The number of non-ortho nitro benzene ring substituents is 1. The SMILES string of the molecule is CN(C)CCCOC(=O)Oc1ccc([N+](=O)[O-])cc1.Cl. The Balaban J connectivity index is 0.00000361. The molecule has 0 radical (unpaired) electrons. The topological polar surface area (TPSA) is 81.9 Å². The van der Waals surface area contributed by atoms with Crippen molar-refractivity contribution in [1.82, 2.24) is 4.90 Å². The summed E-state index contributed by atoms with van der Waals surface area (Å²) in [5.41, 5.74) is -0.0632. The van der Waals surface area contributed by atoms with Crippen LogP contribution in [0.4, 0.5) is 10.5 Å². The van der Waals surface area contributed by atoms with Crippen LogP contribution in [0.1, 0.15) is 6.42 Å². The highest BCUT2D eigenvalue weighted by atomic mass is 35.5. The standard InChI is InChI=1S/C12H16N2O5.ClH/c1-13(2)8-3-9-18-12(15)19-11-6-4-10(5-7-11)14(16)17;/h4-7H,3,8-9H2,1-2H3;1H. The number of carbonyl (C=O) groups excluding carboxylic acids is 1. The minimum atomic E-state index is -0.812. The molecule has 112 valence electrons. The predicted molar refractivity (Wildman–Crippen MR) is 75.5 cm³/mol. The predicted octanol–water partition coefficient (Wildman–Crippen LogP) is 2.48. The second kappa shape index (κ2) is 9.11. The van der Waals surface area contributed by atoms with Crippen LogP contribution in [0.3, 0.4) is 0 Å². The molecule has 0 atom stereocenters. The summed E-state index contributed by atoms with van der Waals surface area (Å²) in [5, 5.41) is 10.4. The summed E-state index contributed by atoms with van der Waals surface area (Å²) < 4.78 is 9.71. The Kier molecular flexibility index (Phi) is 8.26. The van der Waals surface area contributed by atoms with Crippen molar-refractivity contribution >= 4 is 24.2 Å². The van der Waals surface area contributed by atoms with Gasteiger partial charge < -0.3 is 14.4 Å². The minimum absolute atomic E-state index is 0. The summed E-state index contributed by atoms with van der Waals surface area (Å²) in [6.07, 6.45) is -0.102. The molecule has 0 spiro atoms. The number of carbonyl (C=O) groups is 1. The van der Waals surface area contributed by atoms with E-state index < -0.39 is 11.1 Å². The van der Waals surface area contributed by atoms with Crippen LogP contribution in [0.25, 0.3) is 0 Å². The average molecular weight is 305 g/mol. The van der Waals surface area contributed by atoms with Crippen LogP contribution in [-0.2, 0) is 4.74 Å². The molecule has 0 fully saturated rings. The van der Waals surface area contributed by atoms with Crippen molar-refractivity contribution in [2.45, 2.75) is 6.42 Å². The van der Waals surface area contributed by atoms with Crippen LogP contribution in [-0.4, -0.2) is 43.2 Å². The van der Waals surface area contributed by atoms with Gasteiger partial charge in [0.2, 0.25) is 0 Å². The molecule has 0 N–H and O–H groups in total. The van der Waals surface area contributed by atoms with Crippen molar-refractivity contribution in [2.75, 3.05) is 27.2 Å². The van der Waals surface area contributed by atoms with Gasteiger partial charge in [-0.3, -0.25) is 10.1 Å². The van der Waals surface area contributed by atoms with Gasteiger partial charge in [-0.05, 0) is 32.6 Å². The molecule has 0 amide bonds. The van der Waals surface area contributed by atoms with E-state index in [1.54, 1.807) is 0 Å². The first kappa shape index (κ1) is 18.1. The molecular weight excluding hydrogens is 288 g/mol. The summed E-state index contributed by atoms with van der Waals surface area (Å²) in [6.45, 7) is 1.08. The fourth-order valence-electron chi connectivity index (χ4n) is 1.30. The number of rotatable bonds is 6. The summed E-state index contributed by atoms with van der Waals surface area (Å²) in [4.78, 5) is 23.2. The molecule has 0 unspecified atom stereocenters. The molecule has 20 heavy (non-hydrogen) atoms. The first-order chi connectivity index (χ1) is 8.99. The Morgan fingerprint density at radius 2 is 1.90 bits per heavy atom. The minimum Gasteiger partial charge on any atom is -0.434 e. The van der Waals surface area contributed by atoms with Gasteiger partial charge in [0, 0.05) is 18.7 Å². The van der Waals surface area contributed by atoms with Gasteiger partial charge in [-0.2, -0.15) is 0 Å². The normalized spacial score (nSPS) is 9.75. The molecule has 0 aliphatic heterocycles. The second-order valence-electron chi connectivity index (χ2n) is 4.11. The molecule has 1 aromatic rings. The maximum atomic E-state index is 11.3. The van der Waals surface area contributed by atoms with E-state index in [9.17, 15) is 14.9 Å². The largest absolute Gasteiger partial charge is 0.513 e. The Hall–Kier alpha value is -1.86. The van der Waals surface area contributed by atoms with Crippen molar-refractivity contribution < 1.29 is 19.2 Å². The summed E-state index contributed by atoms with van der Waals surface area (Å²) in [7, 11) is 3.85. The number of nitro groups is 1. The van der Waals surface area contributed by atoms with Gasteiger partial charge in [-0.25, -0.2) is 4.79 Å². The first-order valence-corrected chi connectivity index (χ1v) is 5.73. The number of hydrogen-bond acceptors (Lipinski definition) is 6. The maximum absolute atomic E-state index is 11.3. The lowest BCUT2D eigenvalue weighted by atomic mass is 10.3. The zero-order valence-corrected chi connectivity index (χ0v) is 12.1. The quantitative estimate of drug-likeness (QED) is 0.264. The molecule has 0 bridgehead atoms. The van der Waals surface area contributed by atoms with Gasteiger partial charge in [0.1, 0.15) is 5.75 Å². The fourth-order valence-corrected chi connectivity index (χ4v) is 1.30. The average Bonchev–Trinajstić information content (AvgIpc) is 2.35. The number of benzene rings is 1. The lowest BCUT2D eigenvalue weighted by Crippen LogP contribution is -2.17. The molecular formula is C12H17ClN2O5. The monoisotopic (exact) mass is 304 g/mol. The molecule has 7 nitrogen and oxygen atoms in total. The number of hydrogen-bond donors (Lipinski definition) is 0. The van der Waals surface area contributed by atoms with Crippen molar-refractivity contribution in [3.63, 3.8) is 0 Å². The Morgan fingerprint density at radius 1 is 1.30 bits per heavy atom. The second-order valence-corrected chi connectivity index (χ2v) is 4.11. The molecule has 0 aliphatic rings. The van der Waals surface area contributed by atoms with Crippen LogP contribution in [0.15, 0.2) is 24.3 Å². The molecule has 0 saturated heterocycles. The summed E-state index contributed by atoms with van der Waals surface area (Å²) in [5.74, 6) is 0.211. The third-order valence-corrected chi connectivity index (χ3v) is 2.22. The molecule has 0 heterocycles. The molecule has 0 saturated carbocycles. The van der Waals surface area contributed by atoms with E-state index in [4.69, 9.17) is 9.47 Å². The smallest absolute Gasteiger partial charge is 0.434 e. The van der Waals surface area contributed by atoms with E-state index >= 15 is 0 Å². The van der Waals surface area contributed by atoms with Crippen LogP contribution in [0.2, 0.25) is 0 Å². The van der Waals surface area contributed by atoms with E-state index in [2.05, 4.69) is 0 Å². The van der Waals surface area contributed by atoms with Gasteiger partial charge >= 0.3 is 6.16 Å². The van der Waals surface area contributed by atoms with E-state index in [-0.39, 0.29) is 30.5 Å². The van der Waals surface area contributed by atoms with Crippen molar-refractivity contribution in [3.8, 4) is 5.75 Å². The van der Waals surface area contributed by atoms with E-state index in [0.29, 0.717) is 6.42 Å². The van der Waals surface area contributed by atoms with Crippen LogP contribution in [0.5, 0.6) is 5.75 Å². The zero-order chi connectivity index (χ0) is 14.3. The van der Waals surface area contributed by atoms with Crippen LogP contribution in [0, 0.1) is 10.1 Å². The summed E-state index contributed by atoms with van der Waals surface area (Å²) >= 11 is 0. The Morgan fingerprint density at radius 3 is 2.40 bits per heavy atom. The first-order valence-electron chi connectivity index (χ1n) is 5.73. The van der Waals surface area contributed by atoms with Crippen molar-refractivity contribution in [3.05, 3.63) is 34.4 Å². The van der Waals surface area contributed by atoms with Crippen molar-refractivity contribution in [1.29, 1.82) is 0 Å². The van der Waals surface area contributed by atoms with Gasteiger partial charge in [0.15, 0.2) is 0 Å². The lowest BCUT2D eigenvalue weighted by Gasteiger charge is -2.09. The van der Waals surface area contributed by atoms with E-state index in [0.717, 1.165) is 6.54 Å². The number of ether oxygens (including phenoxy) is 2. The highest BCUT2D eigenvalue weighted by Gasteiger charge is 2.08. The number of nitro benzene ring substituents is 1. The van der Waals surface area contributed by atoms with Gasteiger partial charge in [0.05, 0.1) is 11.5 Å². The molecule has 1 rings (SSSR count). The van der Waals surface area contributed by atoms with Gasteiger partial charge in [-0.15, -0.1) is 12.4 Å². The van der Waals surface area contributed by atoms with Gasteiger partial charge in [0.25, 0.3) is 5.69 Å². The molecule has 1 aromatic carbocycles. The molecule has 0 aliphatic carbocycles. The fraction of sp³-hybridized carbons (Fsp3) is 0.417. The maximum Gasteiger partial charge on any atom is 0.513 e. The highest BCUT2D eigenvalue weighted by Crippen LogP contribution is 2.17.